The molecule has 0 spiro atoms. The van der Waals surface area contributed by atoms with Gasteiger partial charge in [-0.15, -0.1) is 0 Å². The Morgan fingerprint density at radius 2 is 2.16 bits per heavy atom. The number of halogens is 1. The summed E-state index contributed by atoms with van der Waals surface area (Å²) in [6.45, 7) is 7.43. The molecule has 7 nitrogen and oxygen atoms in total. The molecule has 2 heterocycles. The number of nitrogens with zero attached hydrogens (tertiary/aromatic N) is 4. The molecule has 0 amide bonds. The van der Waals surface area contributed by atoms with E-state index in [0.717, 1.165) is 38.3 Å². The molecular formula is C17H21ClN4O3. The highest BCUT2D eigenvalue weighted by atomic mass is 35.5. The van der Waals surface area contributed by atoms with Crippen LogP contribution in [0.25, 0.3) is 11.5 Å². The average Bonchev–Trinajstić information content (AvgIpc) is 3.12. The second-order valence-electron chi connectivity index (χ2n) is 5.99. The maximum Gasteiger partial charge on any atom is 0.293 e. The third kappa shape index (κ3) is 4.56. The van der Waals surface area contributed by atoms with Crippen molar-refractivity contribution in [2.45, 2.75) is 13.0 Å². The van der Waals surface area contributed by atoms with Crippen molar-refractivity contribution in [3.05, 3.63) is 35.1 Å². The Balaban J connectivity index is 1.57. The molecule has 2 aromatic rings. The lowest BCUT2D eigenvalue weighted by molar-refractivity contribution is -0.129. The molecular weight excluding hydrogens is 344 g/mol. The van der Waals surface area contributed by atoms with E-state index in [0.29, 0.717) is 29.8 Å². The smallest absolute Gasteiger partial charge is 0.293 e. The Labute approximate surface area is 151 Å². The molecule has 1 atom stereocenters. The van der Waals surface area contributed by atoms with Crippen molar-refractivity contribution in [2.75, 3.05) is 39.3 Å². The van der Waals surface area contributed by atoms with Gasteiger partial charge in [-0.3, -0.25) is 14.6 Å². The number of rotatable bonds is 7. The number of carbonyl (C=O) groups excluding carboxylic acids is 1. The summed E-state index contributed by atoms with van der Waals surface area (Å²) >= 11 is 6.01. The minimum Gasteiger partial charge on any atom is -0.467 e. The van der Waals surface area contributed by atoms with Gasteiger partial charge in [-0.2, -0.15) is 4.98 Å². The third-order valence-corrected chi connectivity index (χ3v) is 4.67. The summed E-state index contributed by atoms with van der Waals surface area (Å²) in [5.41, 5.74) is 0.818. The fourth-order valence-corrected chi connectivity index (χ4v) is 3.10. The Morgan fingerprint density at radius 3 is 2.88 bits per heavy atom. The van der Waals surface area contributed by atoms with E-state index in [4.69, 9.17) is 20.9 Å². The van der Waals surface area contributed by atoms with Crippen LogP contribution in [-0.2, 0) is 9.53 Å². The van der Waals surface area contributed by atoms with Gasteiger partial charge in [0, 0.05) is 43.3 Å². The highest BCUT2D eigenvalue weighted by Crippen LogP contribution is 2.24. The van der Waals surface area contributed by atoms with Gasteiger partial charge >= 0.3 is 0 Å². The van der Waals surface area contributed by atoms with Gasteiger partial charge in [0.25, 0.3) is 12.4 Å². The first-order chi connectivity index (χ1) is 12.2. The molecule has 1 fully saturated rings. The van der Waals surface area contributed by atoms with E-state index < -0.39 is 0 Å². The second kappa shape index (κ2) is 8.42. The predicted molar refractivity (Wildman–Crippen MR) is 93.2 cm³/mol. The highest BCUT2D eigenvalue weighted by Gasteiger charge is 2.25. The van der Waals surface area contributed by atoms with Crippen LogP contribution in [0.3, 0.4) is 0 Å². The summed E-state index contributed by atoms with van der Waals surface area (Å²) in [6, 6.07) is 7.45. The van der Waals surface area contributed by atoms with Crippen molar-refractivity contribution in [3.63, 3.8) is 0 Å². The number of carbonyl (C=O) groups is 1. The fraction of sp³-hybridized carbons (Fsp3) is 0.471. The molecule has 134 valence electrons. The maximum absolute atomic E-state index is 10.2. The Hall–Kier alpha value is -1.96. The number of ether oxygens (including phenoxy) is 1. The molecule has 0 aliphatic carbocycles. The number of benzene rings is 1. The van der Waals surface area contributed by atoms with Crippen molar-refractivity contribution in [1.82, 2.24) is 19.9 Å². The summed E-state index contributed by atoms with van der Waals surface area (Å²) in [5, 5.41) is 4.77. The van der Waals surface area contributed by atoms with Gasteiger partial charge in [0.05, 0.1) is 6.04 Å². The summed E-state index contributed by atoms with van der Waals surface area (Å²) < 4.78 is 10.2. The number of hydrogen-bond acceptors (Lipinski definition) is 7. The van der Waals surface area contributed by atoms with E-state index in [1.165, 1.54) is 0 Å². The summed E-state index contributed by atoms with van der Waals surface area (Å²) in [5.74, 6) is 1.15. The van der Waals surface area contributed by atoms with Crippen LogP contribution in [0.2, 0.25) is 5.02 Å². The predicted octanol–water partition coefficient (Wildman–Crippen LogP) is 2.24. The molecule has 1 aromatic carbocycles. The van der Waals surface area contributed by atoms with Gasteiger partial charge in [-0.05, 0) is 25.1 Å². The summed E-state index contributed by atoms with van der Waals surface area (Å²) in [6.07, 6.45) is 0. The van der Waals surface area contributed by atoms with Gasteiger partial charge < -0.3 is 9.26 Å². The molecule has 0 N–H and O–H groups in total. The Kier molecular flexibility index (Phi) is 6.01. The van der Waals surface area contributed by atoms with Crippen molar-refractivity contribution in [3.8, 4) is 11.5 Å². The zero-order chi connectivity index (χ0) is 17.6. The van der Waals surface area contributed by atoms with E-state index in [1.807, 2.05) is 24.3 Å². The summed E-state index contributed by atoms with van der Waals surface area (Å²) in [7, 11) is 0. The van der Waals surface area contributed by atoms with Crippen molar-refractivity contribution in [2.24, 2.45) is 0 Å². The van der Waals surface area contributed by atoms with Gasteiger partial charge in [0.1, 0.15) is 6.61 Å². The van der Waals surface area contributed by atoms with E-state index in [-0.39, 0.29) is 6.04 Å². The van der Waals surface area contributed by atoms with Crippen LogP contribution >= 0.6 is 11.6 Å². The topological polar surface area (TPSA) is 71.7 Å². The molecule has 1 saturated heterocycles. The van der Waals surface area contributed by atoms with Crippen molar-refractivity contribution >= 4 is 18.1 Å². The number of aromatic nitrogens is 2. The van der Waals surface area contributed by atoms with E-state index >= 15 is 0 Å². The van der Waals surface area contributed by atoms with Crippen LogP contribution < -0.4 is 0 Å². The maximum atomic E-state index is 10.2. The SMILES string of the molecule is C[C@@H](c1noc(-c2cccc(Cl)c2)n1)N1CCN(CCOC=O)CC1. The minimum atomic E-state index is 0.0741. The van der Waals surface area contributed by atoms with Gasteiger partial charge in [0.15, 0.2) is 5.82 Å². The summed E-state index contributed by atoms with van der Waals surface area (Å²) in [4.78, 5) is 19.3. The fourth-order valence-electron chi connectivity index (χ4n) is 2.91. The van der Waals surface area contributed by atoms with Crippen LogP contribution in [-0.4, -0.2) is 65.7 Å². The van der Waals surface area contributed by atoms with Gasteiger partial charge in [-0.25, -0.2) is 0 Å². The largest absolute Gasteiger partial charge is 0.467 e. The lowest BCUT2D eigenvalue weighted by Crippen LogP contribution is -2.48. The quantitative estimate of drug-likeness (QED) is 0.551. The van der Waals surface area contributed by atoms with E-state index in [1.54, 1.807) is 0 Å². The molecule has 0 radical (unpaired) electrons. The Morgan fingerprint density at radius 1 is 1.36 bits per heavy atom. The van der Waals surface area contributed by atoms with Gasteiger partial charge in [-0.1, -0.05) is 22.8 Å². The number of piperazine rings is 1. The minimum absolute atomic E-state index is 0.0741. The average molecular weight is 365 g/mol. The lowest BCUT2D eigenvalue weighted by Gasteiger charge is -2.36. The molecule has 0 unspecified atom stereocenters. The molecule has 1 aliphatic heterocycles. The first-order valence-electron chi connectivity index (χ1n) is 8.28. The van der Waals surface area contributed by atoms with Crippen LogP contribution in [0.1, 0.15) is 18.8 Å². The first-order valence-corrected chi connectivity index (χ1v) is 8.66. The molecule has 3 rings (SSSR count). The van der Waals surface area contributed by atoms with Crippen molar-refractivity contribution < 1.29 is 14.1 Å². The number of hydrogen-bond donors (Lipinski definition) is 0. The zero-order valence-corrected chi connectivity index (χ0v) is 14.9. The third-order valence-electron chi connectivity index (χ3n) is 4.43. The zero-order valence-electron chi connectivity index (χ0n) is 14.1. The van der Waals surface area contributed by atoms with Crippen LogP contribution in [0.5, 0.6) is 0 Å². The highest BCUT2D eigenvalue weighted by molar-refractivity contribution is 6.30. The molecule has 25 heavy (non-hydrogen) atoms. The first kappa shape index (κ1) is 17.8. The normalized spacial score (nSPS) is 17.4. The molecule has 1 aromatic heterocycles. The van der Waals surface area contributed by atoms with E-state index in [2.05, 4.69) is 26.9 Å². The molecule has 8 heteroatoms. The second-order valence-corrected chi connectivity index (χ2v) is 6.43. The molecule has 0 saturated carbocycles. The lowest BCUT2D eigenvalue weighted by atomic mass is 10.2. The Bertz CT molecular complexity index is 701. The van der Waals surface area contributed by atoms with Crippen LogP contribution in [0, 0.1) is 0 Å². The molecule has 0 bridgehead atoms. The van der Waals surface area contributed by atoms with E-state index in [9.17, 15) is 4.79 Å². The molecule has 1 aliphatic rings. The monoisotopic (exact) mass is 364 g/mol. The van der Waals surface area contributed by atoms with Gasteiger partial charge in [0.2, 0.25) is 0 Å². The standard InChI is InChI=1S/C17H21ClN4O3/c1-13(22-7-5-21(6-8-22)9-10-24-12-23)16-19-17(25-20-16)14-3-2-4-15(18)11-14/h2-4,11-13H,5-10H2,1H3/t13-/m0/s1. The van der Waals surface area contributed by atoms with Crippen LogP contribution in [0.15, 0.2) is 28.8 Å². The van der Waals surface area contributed by atoms with Crippen LogP contribution in [0.4, 0.5) is 0 Å². The van der Waals surface area contributed by atoms with Crippen molar-refractivity contribution in [1.29, 1.82) is 0 Å².